The Morgan fingerprint density at radius 2 is 1.76 bits per heavy atom. The van der Waals surface area contributed by atoms with E-state index in [1.54, 1.807) is 48.5 Å². The van der Waals surface area contributed by atoms with E-state index in [2.05, 4.69) is 10.3 Å². The molecule has 6 nitrogen and oxygen atoms in total. The molecule has 0 saturated heterocycles. The molecule has 3 rings (SSSR count). The van der Waals surface area contributed by atoms with E-state index in [4.69, 9.17) is 11.6 Å². The quantitative estimate of drug-likeness (QED) is 0.557. The van der Waals surface area contributed by atoms with Crippen LogP contribution >= 0.6 is 11.6 Å². The molecule has 0 spiro atoms. The molecule has 128 valence electrons. The van der Waals surface area contributed by atoms with Crippen molar-refractivity contribution in [2.75, 3.05) is 11.9 Å². The van der Waals surface area contributed by atoms with Crippen LogP contribution in [0.25, 0.3) is 10.8 Å². The standard InChI is InChI=1S/C18H15ClN2O4/c19-11-7-5-10(6-8-11)14(22)9-20-17-13-4-2-1-3-12(13)16(23)15(21-17)18(24)25/h1-8,14,22-23H,9H2,(H,20,21)(H,24,25)/t14-/m1/s1. The zero-order valence-electron chi connectivity index (χ0n) is 13.0. The Morgan fingerprint density at radius 1 is 1.12 bits per heavy atom. The lowest BCUT2D eigenvalue weighted by Gasteiger charge is -2.15. The number of hydrogen-bond donors (Lipinski definition) is 4. The van der Waals surface area contributed by atoms with Crippen LogP contribution in [-0.4, -0.2) is 32.8 Å². The molecule has 3 aromatic rings. The molecule has 0 saturated carbocycles. The van der Waals surface area contributed by atoms with Crippen molar-refractivity contribution in [2.24, 2.45) is 0 Å². The summed E-state index contributed by atoms with van der Waals surface area (Å²) >= 11 is 5.83. The number of aromatic carboxylic acids is 1. The maximum absolute atomic E-state index is 11.3. The van der Waals surface area contributed by atoms with Crippen molar-refractivity contribution in [3.63, 3.8) is 0 Å². The Kier molecular flexibility index (Phi) is 4.74. The fourth-order valence-electron chi connectivity index (χ4n) is 2.53. The highest BCUT2D eigenvalue weighted by atomic mass is 35.5. The molecule has 1 atom stereocenters. The first-order valence-corrected chi connectivity index (χ1v) is 7.87. The van der Waals surface area contributed by atoms with Crippen molar-refractivity contribution in [2.45, 2.75) is 6.10 Å². The summed E-state index contributed by atoms with van der Waals surface area (Å²) in [6.07, 6.45) is -0.833. The van der Waals surface area contributed by atoms with E-state index in [0.29, 0.717) is 21.4 Å². The number of fused-ring (bicyclic) bond motifs is 1. The fourth-order valence-corrected chi connectivity index (χ4v) is 2.65. The van der Waals surface area contributed by atoms with Gasteiger partial charge in [-0.2, -0.15) is 0 Å². The second kappa shape index (κ2) is 6.96. The first kappa shape index (κ1) is 17.0. The molecular weight excluding hydrogens is 344 g/mol. The van der Waals surface area contributed by atoms with Crippen molar-refractivity contribution in [1.29, 1.82) is 0 Å². The van der Waals surface area contributed by atoms with Crippen molar-refractivity contribution in [3.05, 3.63) is 64.8 Å². The summed E-state index contributed by atoms with van der Waals surface area (Å²) in [5.74, 6) is -1.43. The minimum Gasteiger partial charge on any atom is -0.505 e. The van der Waals surface area contributed by atoms with Crippen LogP contribution in [-0.2, 0) is 0 Å². The third-order valence-corrected chi connectivity index (χ3v) is 4.06. The Labute approximate surface area is 148 Å². The van der Waals surface area contributed by atoms with E-state index < -0.39 is 17.8 Å². The lowest BCUT2D eigenvalue weighted by molar-refractivity contribution is 0.0687. The highest BCUT2D eigenvalue weighted by Gasteiger charge is 2.18. The van der Waals surface area contributed by atoms with Crippen LogP contribution < -0.4 is 5.32 Å². The number of aliphatic hydroxyl groups is 1. The Morgan fingerprint density at radius 3 is 2.40 bits per heavy atom. The highest BCUT2D eigenvalue weighted by molar-refractivity contribution is 6.30. The van der Waals surface area contributed by atoms with Gasteiger partial charge in [-0.25, -0.2) is 9.78 Å². The van der Waals surface area contributed by atoms with Gasteiger partial charge in [-0.3, -0.25) is 0 Å². The molecule has 0 aliphatic carbocycles. The number of aliphatic hydroxyl groups excluding tert-OH is 1. The molecule has 0 amide bonds. The lowest BCUT2D eigenvalue weighted by Crippen LogP contribution is -2.14. The van der Waals surface area contributed by atoms with E-state index in [1.165, 1.54) is 0 Å². The summed E-state index contributed by atoms with van der Waals surface area (Å²) in [5, 5.41) is 34.1. The van der Waals surface area contributed by atoms with Gasteiger partial charge in [0.1, 0.15) is 5.82 Å². The van der Waals surface area contributed by atoms with Crippen molar-refractivity contribution in [1.82, 2.24) is 4.98 Å². The molecule has 2 aromatic carbocycles. The molecule has 0 aliphatic rings. The fraction of sp³-hybridized carbons (Fsp3) is 0.111. The van der Waals surface area contributed by atoms with Crippen molar-refractivity contribution < 1.29 is 20.1 Å². The monoisotopic (exact) mass is 358 g/mol. The van der Waals surface area contributed by atoms with Gasteiger partial charge >= 0.3 is 5.97 Å². The SMILES string of the molecule is O=C(O)c1nc(NC[C@@H](O)c2ccc(Cl)cc2)c2ccccc2c1O. The van der Waals surface area contributed by atoms with Crippen LogP contribution in [0.15, 0.2) is 48.5 Å². The first-order valence-electron chi connectivity index (χ1n) is 7.49. The second-order valence-corrected chi connectivity index (χ2v) is 5.89. The van der Waals surface area contributed by atoms with Crippen LogP contribution in [0.5, 0.6) is 5.75 Å². The zero-order chi connectivity index (χ0) is 18.0. The van der Waals surface area contributed by atoms with Gasteiger partial charge in [-0.05, 0) is 17.7 Å². The molecule has 7 heteroatoms. The summed E-state index contributed by atoms with van der Waals surface area (Å²) < 4.78 is 0. The third kappa shape index (κ3) is 3.50. The van der Waals surface area contributed by atoms with Gasteiger partial charge in [0.2, 0.25) is 0 Å². The largest absolute Gasteiger partial charge is 0.505 e. The molecule has 0 fully saturated rings. The number of anilines is 1. The van der Waals surface area contributed by atoms with Crippen LogP contribution in [0.4, 0.5) is 5.82 Å². The number of pyridine rings is 1. The van der Waals surface area contributed by atoms with Crippen LogP contribution in [0.1, 0.15) is 22.2 Å². The van der Waals surface area contributed by atoms with Gasteiger partial charge in [0, 0.05) is 22.3 Å². The average molecular weight is 359 g/mol. The number of aromatic nitrogens is 1. The molecule has 1 heterocycles. The molecule has 0 unspecified atom stereocenters. The molecule has 0 radical (unpaired) electrons. The Balaban J connectivity index is 1.91. The number of nitrogens with zero attached hydrogens (tertiary/aromatic N) is 1. The molecule has 0 aliphatic heterocycles. The average Bonchev–Trinajstić information content (AvgIpc) is 2.61. The summed E-state index contributed by atoms with van der Waals surface area (Å²) in [7, 11) is 0. The van der Waals surface area contributed by atoms with E-state index in [-0.39, 0.29) is 18.1 Å². The van der Waals surface area contributed by atoms with Crippen LogP contribution in [0, 0.1) is 0 Å². The minimum absolute atomic E-state index is 0.114. The summed E-state index contributed by atoms with van der Waals surface area (Å²) in [5.41, 5.74) is 0.223. The lowest BCUT2D eigenvalue weighted by atomic mass is 10.1. The summed E-state index contributed by atoms with van der Waals surface area (Å²) in [6.45, 7) is 0.114. The number of aromatic hydroxyl groups is 1. The molecule has 0 bridgehead atoms. The number of nitrogens with one attached hydrogen (secondary N) is 1. The maximum atomic E-state index is 11.3. The highest BCUT2D eigenvalue weighted by Crippen LogP contribution is 2.32. The van der Waals surface area contributed by atoms with E-state index in [9.17, 15) is 20.1 Å². The van der Waals surface area contributed by atoms with Gasteiger partial charge in [0.05, 0.1) is 6.10 Å². The Hall–Kier alpha value is -2.83. The van der Waals surface area contributed by atoms with Crippen LogP contribution in [0.2, 0.25) is 5.02 Å². The second-order valence-electron chi connectivity index (χ2n) is 5.46. The first-order chi connectivity index (χ1) is 12.0. The van der Waals surface area contributed by atoms with Gasteiger partial charge in [-0.15, -0.1) is 0 Å². The molecule has 25 heavy (non-hydrogen) atoms. The van der Waals surface area contributed by atoms with Gasteiger partial charge in [0.25, 0.3) is 0 Å². The van der Waals surface area contributed by atoms with E-state index >= 15 is 0 Å². The van der Waals surface area contributed by atoms with Crippen LogP contribution in [0.3, 0.4) is 0 Å². The number of carboxylic acids is 1. The van der Waals surface area contributed by atoms with E-state index in [0.717, 1.165) is 0 Å². The summed E-state index contributed by atoms with van der Waals surface area (Å²) in [4.78, 5) is 15.3. The number of halogens is 1. The molecule has 4 N–H and O–H groups in total. The third-order valence-electron chi connectivity index (χ3n) is 3.81. The number of rotatable bonds is 5. The number of carbonyl (C=O) groups is 1. The minimum atomic E-state index is -1.33. The predicted molar refractivity (Wildman–Crippen MR) is 95.3 cm³/mol. The van der Waals surface area contributed by atoms with Crippen molar-refractivity contribution >= 4 is 34.2 Å². The van der Waals surface area contributed by atoms with Crippen molar-refractivity contribution in [3.8, 4) is 5.75 Å². The molecular formula is C18H15ClN2O4. The molecule has 1 aromatic heterocycles. The Bertz CT molecular complexity index is 928. The normalized spacial score (nSPS) is 12.1. The van der Waals surface area contributed by atoms with E-state index in [1.807, 2.05) is 0 Å². The maximum Gasteiger partial charge on any atom is 0.358 e. The number of hydrogen-bond acceptors (Lipinski definition) is 5. The number of carboxylic acid groups (broad SMARTS) is 1. The van der Waals surface area contributed by atoms with Gasteiger partial charge in [0.15, 0.2) is 11.4 Å². The number of benzene rings is 2. The van der Waals surface area contributed by atoms with Gasteiger partial charge in [-0.1, -0.05) is 48.0 Å². The smallest absolute Gasteiger partial charge is 0.358 e. The summed E-state index contributed by atoms with van der Waals surface area (Å²) in [6, 6.07) is 13.5. The zero-order valence-corrected chi connectivity index (χ0v) is 13.7. The predicted octanol–water partition coefficient (Wildman–Crippen LogP) is 3.44. The van der Waals surface area contributed by atoms with Gasteiger partial charge < -0.3 is 20.6 Å². The topological polar surface area (TPSA) is 103 Å².